The molecule has 2 rings (SSSR count). The fourth-order valence-electron chi connectivity index (χ4n) is 3.59. The van der Waals surface area contributed by atoms with Gasteiger partial charge in [0, 0.05) is 0 Å². The molecule has 0 amide bonds. The van der Waals surface area contributed by atoms with Gasteiger partial charge in [0.1, 0.15) is 0 Å². The molecule has 1 heterocycles. The van der Waals surface area contributed by atoms with Crippen molar-refractivity contribution < 1.29 is 9.53 Å². The van der Waals surface area contributed by atoms with Crippen molar-refractivity contribution in [2.75, 3.05) is 12.8 Å². The Bertz CT molecular complexity index is 286. The number of carbonyl (C=O) groups excluding carboxylic acids is 1. The van der Waals surface area contributed by atoms with Crippen LogP contribution in [0, 0.1) is 11.8 Å². The molecule has 1 saturated carbocycles. The molecule has 4 unspecified atom stereocenters. The highest BCUT2D eigenvalue weighted by Crippen LogP contribution is 2.61. The van der Waals surface area contributed by atoms with E-state index in [0.717, 1.165) is 5.66 Å². The maximum atomic E-state index is 12.2. The Morgan fingerprint density at radius 2 is 1.89 bits per heavy atom. The Labute approximate surface area is 113 Å². The van der Waals surface area contributed by atoms with Gasteiger partial charge >= 0.3 is 5.97 Å². The first-order valence-electron chi connectivity index (χ1n) is 7.57. The van der Waals surface area contributed by atoms with Crippen molar-refractivity contribution >= 4 is 13.9 Å². The van der Waals surface area contributed by atoms with Gasteiger partial charge in [0.25, 0.3) is 0 Å². The van der Waals surface area contributed by atoms with Crippen LogP contribution in [0.3, 0.4) is 0 Å². The molecule has 104 valence electrons. The molecule has 3 heteroatoms. The number of esters is 1. The van der Waals surface area contributed by atoms with E-state index in [1.54, 1.807) is 0 Å². The SMILES string of the molecule is CCOC(=O)C1C(C)C(C)CP1C1CCCCC1. The van der Waals surface area contributed by atoms with E-state index in [1.807, 2.05) is 6.92 Å². The van der Waals surface area contributed by atoms with Crippen LogP contribution in [0.4, 0.5) is 0 Å². The van der Waals surface area contributed by atoms with Crippen molar-refractivity contribution in [1.82, 2.24) is 0 Å². The average molecular weight is 270 g/mol. The smallest absolute Gasteiger partial charge is 0.313 e. The quantitative estimate of drug-likeness (QED) is 0.572. The zero-order valence-electron chi connectivity index (χ0n) is 12.0. The molecule has 0 aromatic heterocycles. The van der Waals surface area contributed by atoms with Crippen LogP contribution >= 0.6 is 7.92 Å². The van der Waals surface area contributed by atoms with E-state index in [1.165, 1.54) is 38.3 Å². The Kier molecular flexibility index (Phi) is 5.06. The minimum Gasteiger partial charge on any atom is -0.465 e. The summed E-state index contributed by atoms with van der Waals surface area (Å²) < 4.78 is 5.34. The van der Waals surface area contributed by atoms with Crippen molar-refractivity contribution in [3.8, 4) is 0 Å². The summed E-state index contributed by atoms with van der Waals surface area (Å²) >= 11 is 0. The van der Waals surface area contributed by atoms with E-state index in [0.29, 0.717) is 18.4 Å². The minimum absolute atomic E-state index is 0.103. The highest BCUT2D eigenvalue weighted by Gasteiger charge is 2.46. The highest BCUT2D eigenvalue weighted by atomic mass is 31.1. The lowest BCUT2D eigenvalue weighted by Crippen LogP contribution is -2.29. The summed E-state index contributed by atoms with van der Waals surface area (Å²) in [5.41, 5.74) is 1.08. The topological polar surface area (TPSA) is 26.3 Å². The lowest BCUT2D eigenvalue weighted by atomic mass is 9.95. The molecular weight excluding hydrogens is 243 g/mol. The van der Waals surface area contributed by atoms with E-state index < -0.39 is 0 Å². The second kappa shape index (κ2) is 6.37. The number of hydrogen-bond donors (Lipinski definition) is 0. The molecule has 0 aromatic carbocycles. The lowest BCUT2D eigenvalue weighted by Gasteiger charge is -2.32. The fraction of sp³-hybridized carbons (Fsp3) is 0.933. The first-order chi connectivity index (χ1) is 8.65. The summed E-state index contributed by atoms with van der Waals surface area (Å²) in [6.07, 6.45) is 8.17. The molecule has 2 fully saturated rings. The van der Waals surface area contributed by atoms with Crippen molar-refractivity contribution in [3.63, 3.8) is 0 Å². The molecule has 18 heavy (non-hydrogen) atoms. The molecule has 0 aromatic rings. The van der Waals surface area contributed by atoms with Gasteiger partial charge in [0.05, 0.1) is 12.3 Å². The molecule has 0 N–H and O–H groups in total. The molecule has 0 spiro atoms. The molecule has 1 aliphatic carbocycles. The standard InChI is InChI=1S/C15H27O2P/c1-4-17-15(16)14-12(3)11(2)10-18(14)13-8-6-5-7-9-13/h11-14H,4-10H2,1-3H3. The van der Waals surface area contributed by atoms with E-state index >= 15 is 0 Å². The molecule has 1 saturated heterocycles. The molecule has 0 radical (unpaired) electrons. The molecular formula is C15H27O2P. The molecule has 1 aliphatic heterocycles. The molecule has 0 bridgehead atoms. The van der Waals surface area contributed by atoms with E-state index in [9.17, 15) is 4.79 Å². The average Bonchev–Trinajstić information content (AvgIpc) is 2.67. The predicted octanol–water partition coefficient (Wildman–Crippen LogP) is 4.02. The first kappa shape index (κ1) is 14.3. The van der Waals surface area contributed by atoms with Crippen LogP contribution in [0.5, 0.6) is 0 Å². The lowest BCUT2D eigenvalue weighted by molar-refractivity contribution is -0.143. The Morgan fingerprint density at radius 3 is 2.50 bits per heavy atom. The third-order valence-corrected chi connectivity index (χ3v) is 8.67. The van der Waals surface area contributed by atoms with Crippen LogP contribution < -0.4 is 0 Å². The summed E-state index contributed by atoms with van der Waals surface area (Å²) in [4.78, 5) is 12.2. The normalized spacial score (nSPS) is 37.7. The Balaban J connectivity index is 2.08. The van der Waals surface area contributed by atoms with Gasteiger partial charge in [0.15, 0.2) is 0 Å². The first-order valence-corrected chi connectivity index (χ1v) is 9.24. The summed E-state index contributed by atoms with van der Waals surface area (Å²) in [5, 5.41) is 0. The number of hydrogen-bond acceptors (Lipinski definition) is 2. The van der Waals surface area contributed by atoms with Crippen molar-refractivity contribution in [2.24, 2.45) is 11.8 Å². The van der Waals surface area contributed by atoms with Crippen molar-refractivity contribution in [3.05, 3.63) is 0 Å². The van der Waals surface area contributed by atoms with Gasteiger partial charge in [-0.15, -0.1) is 0 Å². The largest absolute Gasteiger partial charge is 0.465 e. The molecule has 4 atom stereocenters. The predicted molar refractivity (Wildman–Crippen MR) is 77.4 cm³/mol. The summed E-state index contributed by atoms with van der Waals surface area (Å²) in [6, 6.07) is 0. The fourth-order valence-corrected chi connectivity index (χ4v) is 7.84. The number of carbonyl (C=O) groups is 1. The van der Waals surface area contributed by atoms with E-state index in [4.69, 9.17) is 4.74 Å². The summed E-state index contributed by atoms with van der Waals surface area (Å²) in [7, 11) is -0.131. The zero-order chi connectivity index (χ0) is 13.1. The third-order valence-electron chi connectivity index (χ3n) is 4.82. The van der Waals surface area contributed by atoms with Crippen molar-refractivity contribution in [2.45, 2.75) is 64.2 Å². The van der Waals surface area contributed by atoms with Crippen LogP contribution in [0.15, 0.2) is 0 Å². The summed E-state index contributed by atoms with van der Waals surface area (Å²) in [5.74, 6) is 1.33. The third kappa shape index (κ3) is 2.90. The van der Waals surface area contributed by atoms with Gasteiger partial charge in [-0.2, -0.15) is 0 Å². The second-order valence-corrected chi connectivity index (χ2v) is 8.70. The van der Waals surface area contributed by atoms with E-state index in [2.05, 4.69) is 13.8 Å². The zero-order valence-corrected chi connectivity index (χ0v) is 12.9. The van der Waals surface area contributed by atoms with Gasteiger partial charge < -0.3 is 4.74 Å². The van der Waals surface area contributed by atoms with Crippen LogP contribution in [-0.4, -0.2) is 30.1 Å². The minimum atomic E-state index is -0.131. The van der Waals surface area contributed by atoms with Crippen LogP contribution in [0.2, 0.25) is 0 Å². The second-order valence-electron chi connectivity index (χ2n) is 6.02. The summed E-state index contributed by atoms with van der Waals surface area (Å²) in [6.45, 7) is 7.04. The van der Waals surface area contributed by atoms with Crippen molar-refractivity contribution in [1.29, 1.82) is 0 Å². The molecule has 2 nitrogen and oxygen atoms in total. The van der Waals surface area contributed by atoms with Crippen LogP contribution in [-0.2, 0) is 9.53 Å². The Morgan fingerprint density at radius 1 is 1.22 bits per heavy atom. The number of rotatable bonds is 3. The number of ether oxygens (including phenoxy) is 1. The maximum Gasteiger partial charge on any atom is 0.313 e. The van der Waals surface area contributed by atoms with Crippen LogP contribution in [0.25, 0.3) is 0 Å². The molecule has 2 aliphatic rings. The van der Waals surface area contributed by atoms with Crippen LogP contribution in [0.1, 0.15) is 52.9 Å². The maximum absolute atomic E-state index is 12.2. The van der Waals surface area contributed by atoms with Gasteiger partial charge in [-0.3, -0.25) is 4.79 Å². The monoisotopic (exact) mass is 270 g/mol. The van der Waals surface area contributed by atoms with E-state index in [-0.39, 0.29) is 19.5 Å². The highest BCUT2D eigenvalue weighted by molar-refractivity contribution is 7.60. The van der Waals surface area contributed by atoms with Gasteiger partial charge in [-0.05, 0) is 43.4 Å². The van der Waals surface area contributed by atoms with Gasteiger partial charge in [-0.1, -0.05) is 41.0 Å². The Hall–Kier alpha value is -0.100. The van der Waals surface area contributed by atoms with Gasteiger partial charge in [-0.25, -0.2) is 0 Å². The van der Waals surface area contributed by atoms with Gasteiger partial charge in [0.2, 0.25) is 0 Å².